The molecule has 0 aliphatic heterocycles. The van der Waals surface area contributed by atoms with E-state index in [1.54, 1.807) is 24.3 Å². The van der Waals surface area contributed by atoms with E-state index in [0.29, 0.717) is 5.56 Å². The van der Waals surface area contributed by atoms with Crippen LogP contribution in [0.1, 0.15) is 10.4 Å². The van der Waals surface area contributed by atoms with Crippen molar-refractivity contribution in [2.45, 2.75) is 6.04 Å². The molecule has 0 aromatic heterocycles. The predicted molar refractivity (Wildman–Crippen MR) is 64.1 cm³/mol. The van der Waals surface area contributed by atoms with Crippen LogP contribution in [-0.2, 0) is 4.79 Å². The van der Waals surface area contributed by atoms with Crippen molar-refractivity contribution in [1.29, 1.82) is 0 Å². The molecular formula is C11H13NO3S. The Bertz CT molecular complexity index is 367. The largest absolute Gasteiger partial charge is 0.480 e. The Kier molecular flexibility index (Phi) is 5.01. The molecule has 0 bridgehead atoms. The summed E-state index contributed by atoms with van der Waals surface area (Å²) in [4.78, 5) is 22.3. The summed E-state index contributed by atoms with van der Waals surface area (Å²) in [5.41, 5.74) is 0.568. The molecular weight excluding hydrogens is 226 g/mol. The smallest absolute Gasteiger partial charge is 0.321 e. The molecule has 0 saturated heterocycles. The second kappa shape index (κ2) is 6.30. The fourth-order valence-electron chi connectivity index (χ4n) is 1.17. The minimum absolute atomic E-state index is 0.00153. The second-order valence-electron chi connectivity index (χ2n) is 3.24. The van der Waals surface area contributed by atoms with E-state index in [1.807, 2.05) is 6.07 Å². The lowest BCUT2D eigenvalue weighted by molar-refractivity contribution is -0.138. The van der Waals surface area contributed by atoms with Gasteiger partial charge in [-0.15, -0.1) is 0 Å². The highest BCUT2D eigenvalue weighted by molar-refractivity contribution is 7.80. The van der Waals surface area contributed by atoms with Gasteiger partial charge in [0.1, 0.15) is 6.04 Å². The van der Waals surface area contributed by atoms with E-state index >= 15 is 0 Å². The Morgan fingerprint density at radius 1 is 1.31 bits per heavy atom. The van der Waals surface area contributed by atoms with Gasteiger partial charge in [-0.2, -0.15) is 12.6 Å². The fourth-order valence-corrected chi connectivity index (χ4v) is 1.46. The maximum Gasteiger partial charge on any atom is 0.321 e. The van der Waals surface area contributed by atoms with Crippen LogP contribution in [0.25, 0.3) is 0 Å². The second-order valence-corrected chi connectivity index (χ2v) is 3.61. The van der Waals surface area contributed by atoms with Crippen molar-refractivity contribution in [3.63, 3.8) is 0 Å². The molecule has 0 aliphatic carbocycles. The van der Waals surface area contributed by atoms with Gasteiger partial charge in [0.2, 0.25) is 0 Å². The van der Waals surface area contributed by atoms with Gasteiger partial charge in [0, 0.05) is 11.3 Å². The first-order valence-corrected chi connectivity index (χ1v) is 5.43. The van der Waals surface area contributed by atoms with E-state index in [1.165, 1.54) is 0 Å². The molecule has 2 N–H and O–H groups in total. The molecule has 86 valence electrons. The number of Topliss-reactive ketones (excluding diaryl/α,β-unsaturated/α-hetero) is 1. The first-order valence-electron chi connectivity index (χ1n) is 4.80. The summed E-state index contributed by atoms with van der Waals surface area (Å²) < 4.78 is 0. The zero-order valence-electron chi connectivity index (χ0n) is 8.59. The van der Waals surface area contributed by atoms with Crippen LogP contribution in [0.5, 0.6) is 0 Å². The van der Waals surface area contributed by atoms with Gasteiger partial charge in [-0.05, 0) is 0 Å². The predicted octanol–water partition coefficient (Wildman–Crippen LogP) is 0.842. The monoisotopic (exact) mass is 239 g/mol. The highest BCUT2D eigenvalue weighted by Crippen LogP contribution is 1.99. The van der Waals surface area contributed by atoms with Crippen LogP contribution in [0, 0.1) is 0 Å². The SMILES string of the molecule is O=C(CNC(CS)C(=O)O)c1ccccc1. The molecule has 0 spiro atoms. The molecule has 1 unspecified atom stereocenters. The Hall–Kier alpha value is -1.33. The van der Waals surface area contributed by atoms with E-state index < -0.39 is 12.0 Å². The van der Waals surface area contributed by atoms with Gasteiger partial charge in [-0.25, -0.2) is 0 Å². The average Bonchev–Trinajstić information content (AvgIpc) is 2.30. The van der Waals surface area contributed by atoms with Crippen LogP contribution in [0.3, 0.4) is 0 Å². The normalized spacial score (nSPS) is 12.1. The minimum Gasteiger partial charge on any atom is -0.480 e. The van der Waals surface area contributed by atoms with Crippen LogP contribution >= 0.6 is 12.6 Å². The number of rotatable bonds is 6. The Balaban J connectivity index is 2.50. The molecule has 1 aromatic rings. The maximum atomic E-state index is 11.6. The number of thiol groups is 1. The number of hydrogen-bond acceptors (Lipinski definition) is 4. The zero-order chi connectivity index (χ0) is 12.0. The summed E-state index contributed by atoms with van der Waals surface area (Å²) in [5, 5.41) is 11.4. The van der Waals surface area contributed by atoms with Crippen molar-refractivity contribution in [2.24, 2.45) is 0 Å². The topological polar surface area (TPSA) is 66.4 Å². The molecule has 0 aliphatic rings. The van der Waals surface area contributed by atoms with Crippen LogP contribution in [0.2, 0.25) is 0 Å². The van der Waals surface area contributed by atoms with Crippen LogP contribution in [0.4, 0.5) is 0 Å². The zero-order valence-corrected chi connectivity index (χ0v) is 9.48. The van der Waals surface area contributed by atoms with Gasteiger partial charge in [-0.3, -0.25) is 14.9 Å². The molecule has 4 nitrogen and oxygen atoms in total. The summed E-state index contributed by atoms with van der Waals surface area (Å²) >= 11 is 3.89. The molecule has 0 heterocycles. The van der Waals surface area contributed by atoms with Crippen LogP contribution in [0.15, 0.2) is 30.3 Å². The number of carboxylic acids is 1. The van der Waals surface area contributed by atoms with Crippen molar-refractivity contribution in [3.8, 4) is 0 Å². The molecule has 0 radical (unpaired) electrons. The number of carbonyl (C=O) groups is 2. The van der Waals surface area contributed by atoms with E-state index in [4.69, 9.17) is 5.11 Å². The number of nitrogens with one attached hydrogen (secondary N) is 1. The van der Waals surface area contributed by atoms with Crippen molar-refractivity contribution < 1.29 is 14.7 Å². The molecule has 1 atom stereocenters. The highest BCUT2D eigenvalue weighted by Gasteiger charge is 2.16. The molecule has 5 heteroatoms. The van der Waals surface area contributed by atoms with E-state index in [0.717, 1.165) is 0 Å². The Labute approximate surface area is 99.1 Å². The summed E-state index contributed by atoms with van der Waals surface area (Å²) in [6.45, 7) is 0.00153. The lowest BCUT2D eigenvalue weighted by Gasteiger charge is -2.10. The van der Waals surface area contributed by atoms with Gasteiger partial charge < -0.3 is 5.11 Å². The summed E-state index contributed by atoms with van der Waals surface area (Å²) in [6, 6.07) is 7.94. The first kappa shape index (κ1) is 12.7. The van der Waals surface area contributed by atoms with Gasteiger partial charge in [0.25, 0.3) is 0 Å². The van der Waals surface area contributed by atoms with Gasteiger partial charge in [0.05, 0.1) is 6.54 Å². The van der Waals surface area contributed by atoms with E-state index in [9.17, 15) is 9.59 Å². The van der Waals surface area contributed by atoms with Gasteiger partial charge in [-0.1, -0.05) is 30.3 Å². The summed E-state index contributed by atoms with van der Waals surface area (Å²) in [5.74, 6) is -0.985. The van der Waals surface area contributed by atoms with Crippen molar-refractivity contribution in [1.82, 2.24) is 5.32 Å². The Morgan fingerprint density at radius 2 is 1.94 bits per heavy atom. The number of aliphatic carboxylic acids is 1. The van der Waals surface area contributed by atoms with Crippen molar-refractivity contribution >= 4 is 24.4 Å². The van der Waals surface area contributed by atoms with Crippen molar-refractivity contribution in [2.75, 3.05) is 12.3 Å². The lowest BCUT2D eigenvalue weighted by Crippen LogP contribution is -2.41. The number of benzene rings is 1. The lowest BCUT2D eigenvalue weighted by atomic mass is 10.1. The number of carbonyl (C=O) groups excluding carboxylic acids is 1. The number of hydrogen-bond donors (Lipinski definition) is 3. The fraction of sp³-hybridized carbons (Fsp3) is 0.273. The van der Waals surface area contributed by atoms with Crippen molar-refractivity contribution in [3.05, 3.63) is 35.9 Å². The van der Waals surface area contributed by atoms with Gasteiger partial charge >= 0.3 is 5.97 Å². The average molecular weight is 239 g/mol. The van der Waals surface area contributed by atoms with E-state index in [2.05, 4.69) is 17.9 Å². The minimum atomic E-state index is -1.00. The standard InChI is InChI=1S/C11H13NO3S/c13-10(8-4-2-1-3-5-8)6-12-9(7-16)11(14)15/h1-5,9,12,16H,6-7H2,(H,14,15). The third kappa shape index (κ3) is 3.67. The quantitative estimate of drug-likeness (QED) is 0.508. The third-order valence-electron chi connectivity index (χ3n) is 2.09. The number of carboxylic acid groups (broad SMARTS) is 1. The molecule has 1 rings (SSSR count). The molecule has 0 fully saturated rings. The van der Waals surface area contributed by atoms with E-state index in [-0.39, 0.29) is 18.1 Å². The van der Waals surface area contributed by atoms with Crippen LogP contribution in [-0.4, -0.2) is 35.2 Å². The first-order chi connectivity index (χ1) is 7.65. The number of ketones is 1. The Morgan fingerprint density at radius 3 is 2.44 bits per heavy atom. The highest BCUT2D eigenvalue weighted by atomic mass is 32.1. The molecule has 1 aromatic carbocycles. The summed E-state index contributed by atoms with van der Waals surface area (Å²) in [6.07, 6.45) is 0. The third-order valence-corrected chi connectivity index (χ3v) is 2.45. The molecule has 16 heavy (non-hydrogen) atoms. The van der Waals surface area contributed by atoms with Gasteiger partial charge in [0.15, 0.2) is 5.78 Å². The summed E-state index contributed by atoms with van der Waals surface area (Å²) in [7, 11) is 0. The maximum absolute atomic E-state index is 11.6. The molecule has 0 amide bonds. The molecule has 0 saturated carbocycles. The van der Waals surface area contributed by atoms with Crippen LogP contribution < -0.4 is 5.32 Å².